The molecular formula is C18H27NO2. The van der Waals surface area contributed by atoms with Crippen LogP contribution in [0.4, 0.5) is 0 Å². The van der Waals surface area contributed by atoms with Crippen molar-refractivity contribution in [2.75, 3.05) is 13.7 Å². The average molecular weight is 289 g/mol. The van der Waals surface area contributed by atoms with Crippen LogP contribution in [0, 0.1) is 11.8 Å². The van der Waals surface area contributed by atoms with E-state index in [-0.39, 0.29) is 6.10 Å². The van der Waals surface area contributed by atoms with Crippen molar-refractivity contribution in [3.05, 3.63) is 29.8 Å². The first-order valence-electron chi connectivity index (χ1n) is 8.31. The lowest BCUT2D eigenvalue weighted by Gasteiger charge is -2.28. The van der Waals surface area contributed by atoms with E-state index < -0.39 is 0 Å². The Labute approximate surface area is 127 Å². The van der Waals surface area contributed by atoms with Crippen molar-refractivity contribution < 1.29 is 9.84 Å². The Hall–Kier alpha value is -1.06. The van der Waals surface area contributed by atoms with Gasteiger partial charge in [-0.1, -0.05) is 12.1 Å². The number of ether oxygens (including phenoxy) is 1. The van der Waals surface area contributed by atoms with Gasteiger partial charge in [0.05, 0.1) is 13.2 Å². The third-order valence-corrected chi connectivity index (χ3v) is 5.01. The zero-order valence-electron chi connectivity index (χ0n) is 12.9. The molecule has 0 aromatic heterocycles. The zero-order valence-corrected chi connectivity index (χ0v) is 12.9. The van der Waals surface area contributed by atoms with Crippen molar-refractivity contribution in [3.8, 4) is 5.75 Å². The van der Waals surface area contributed by atoms with Crippen LogP contribution in [-0.4, -0.2) is 24.9 Å². The van der Waals surface area contributed by atoms with Crippen LogP contribution in [0.15, 0.2) is 24.3 Å². The highest BCUT2D eigenvalue weighted by Gasteiger charge is 2.32. The van der Waals surface area contributed by atoms with Crippen LogP contribution < -0.4 is 10.1 Å². The minimum absolute atomic E-state index is 0.0536. The van der Waals surface area contributed by atoms with E-state index in [1.54, 1.807) is 7.11 Å². The third-order valence-electron chi connectivity index (χ3n) is 5.01. The molecule has 2 N–H and O–H groups in total. The van der Waals surface area contributed by atoms with Crippen LogP contribution in [0.2, 0.25) is 0 Å². The number of benzene rings is 1. The SMILES string of the molecule is COc1ccc(C(NCC2CCC(O)CC2)C2CC2)cc1. The Morgan fingerprint density at radius 1 is 1.10 bits per heavy atom. The molecule has 0 radical (unpaired) electrons. The molecule has 0 bridgehead atoms. The van der Waals surface area contributed by atoms with Gasteiger partial charge in [-0.05, 0) is 74.6 Å². The van der Waals surface area contributed by atoms with Crippen LogP contribution in [0.1, 0.15) is 50.1 Å². The van der Waals surface area contributed by atoms with E-state index in [4.69, 9.17) is 4.74 Å². The van der Waals surface area contributed by atoms with Crippen LogP contribution in [0.25, 0.3) is 0 Å². The molecule has 0 saturated heterocycles. The third kappa shape index (κ3) is 3.98. The summed E-state index contributed by atoms with van der Waals surface area (Å²) in [6.07, 6.45) is 6.90. The first-order valence-corrected chi connectivity index (χ1v) is 8.31. The van der Waals surface area contributed by atoms with Crippen molar-refractivity contribution in [3.63, 3.8) is 0 Å². The second kappa shape index (κ2) is 6.80. The fourth-order valence-corrected chi connectivity index (χ4v) is 3.44. The zero-order chi connectivity index (χ0) is 14.7. The van der Waals surface area contributed by atoms with Crippen molar-refractivity contribution in [2.24, 2.45) is 11.8 Å². The van der Waals surface area contributed by atoms with Crippen molar-refractivity contribution in [1.29, 1.82) is 0 Å². The predicted octanol–water partition coefficient (Wildman–Crippen LogP) is 3.29. The minimum Gasteiger partial charge on any atom is -0.497 e. The summed E-state index contributed by atoms with van der Waals surface area (Å²) in [4.78, 5) is 0. The molecule has 2 saturated carbocycles. The molecule has 1 atom stereocenters. The lowest BCUT2D eigenvalue weighted by molar-refractivity contribution is 0.107. The Morgan fingerprint density at radius 3 is 2.33 bits per heavy atom. The molecule has 1 aromatic rings. The lowest BCUT2D eigenvalue weighted by atomic mass is 9.87. The van der Waals surface area contributed by atoms with Gasteiger partial charge in [0.2, 0.25) is 0 Å². The Kier molecular flexibility index (Phi) is 4.81. The largest absolute Gasteiger partial charge is 0.497 e. The topological polar surface area (TPSA) is 41.5 Å². The summed E-state index contributed by atoms with van der Waals surface area (Å²) < 4.78 is 5.25. The fourth-order valence-electron chi connectivity index (χ4n) is 3.44. The van der Waals surface area contributed by atoms with Crippen LogP contribution in [-0.2, 0) is 0 Å². The summed E-state index contributed by atoms with van der Waals surface area (Å²) in [5.41, 5.74) is 1.38. The quantitative estimate of drug-likeness (QED) is 0.844. The molecule has 2 fully saturated rings. The van der Waals surface area contributed by atoms with Gasteiger partial charge in [0, 0.05) is 6.04 Å². The predicted molar refractivity (Wildman–Crippen MR) is 84.4 cm³/mol. The Bertz CT molecular complexity index is 433. The second-order valence-electron chi connectivity index (χ2n) is 6.67. The normalized spacial score (nSPS) is 27.3. The molecule has 0 spiro atoms. The van der Waals surface area contributed by atoms with Crippen molar-refractivity contribution in [2.45, 2.75) is 50.7 Å². The fraction of sp³-hybridized carbons (Fsp3) is 0.667. The number of methoxy groups -OCH3 is 1. The molecular weight excluding hydrogens is 262 g/mol. The van der Waals surface area contributed by atoms with E-state index in [9.17, 15) is 5.11 Å². The van der Waals surface area contributed by atoms with Crippen molar-refractivity contribution in [1.82, 2.24) is 5.32 Å². The Morgan fingerprint density at radius 2 is 1.76 bits per heavy atom. The number of aliphatic hydroxyl groups is 1. The molecule has 3 nitrogen and oxygen atoms in total. The molecule has 2 aliphatic carbocycles. The molecule has 1 unspecified atom stereocenters. The van der Waals surface area contributed by atoms with Gasteiger partial charge in [0.1, 0.15) is 5.75 Å². The van der Waals surface area contributed by atoms with E-state index >= 15 is 0 Å². The van der Waals surface area contributed by atoms with Gasteiger partial charge in [-0.2, -0.15) is 0 Å². The van der Waals surface area contributed by atoms with Gasteiger partial charge >= 0.3 is 0 Å². The van der Waals surface area contributed by atoms with Gasteiger partial charge < -0.3 is 15.2 Å². The molecule has 0 heterocycles. The average Bonchev–Trinajstić information content (AvgIpc) is 3.35. The smallest absolute Gasteiger partial charge is 0.118 e. The summed E-state index contributed by atoms with van der Waals surface area (Å²) in [6.45, 7) is 1.08. The summed E-state index contributed by atoms with van der Waals surface area (Å²) >= 11 is 0. The van der Waals surface area contributed by atoms with Gasteiger partial charge in [-0.15, -0.1) is 0 Å². The molecule has 1 aromatic carbocycles. The Balaban J connectivity index is 1.57. The maximum Gasteiger partial charge on any atom is 0.118 e. The van der Waals surface area contributed by atoms with E-state index in [0.717, 1.165) is 49.8 Å². The molecule has 0 amide bonds. The van der Waals surface area contributed by atoms with Gasteiger partial charge in [0.15, 0.2) is 0 Å². The molecule has 3 rings (SSSR count). The number of hydrogen-bond donors (Lipinski definition) is 2. The maximum atomic E-state index is 9.60. The number of nitrogens with one attached hydrogen (secondary N) is 1. The minimum atomic E-state index is -0.0536. The molecule has 3 heteroatoms. The van der Waals surface area contributed by atoms with Crippen LogP contribution in [0.3, 0.4) is 0 Å². The monoisotopic (exact) mass is 289 g/mol. The summed E-state index contributed by atoms with van der Waals surface area (Å²) in [6, 6.07) is 8.99. The molecule has 21 heavy (non-hydrogen) atoms. The molecule has 0 aliphatic heterocycles. The number of aliphatic hydroxyl groups excluding tert-OH is 1. The highest BCUT2D eigenvalue weighted by atomic mass is 16.5. The van der Waals surface area contributed by atoms with E-state index in [0.29, 0.717) is 6.04 Å². The van der Waals surface area contributed by atoms with E-state index in [2.05, 4.69) is 29.6 Å². The van der Waals surface area contributed by atoms with Gasteiger partial charge in [-0.3, -0.25) is 0 Å². The van der Waals surface area contributed by atoms with E-state index in [1.807, 2.05) is 0 Å². The number of hydrogen-bond acceptors (Lipinski definition) is 3. The summed E-state index contributed by atoms with van der Waals surface area (Å²) in [5.74, 6) is 2.45. The first kappa shape index (κ1) is 14.9. The van der Waals surface area contributed by atoms with E-state index in [1.165, 1.54) is 18.4 Å². The lowest BCUT2D eigenvalue weighted by Crippen LogP contribution is -2.31. The van der Waals surface area contributed by atoms with Crippen LogP contribution >= 0.6 is 0 Å². The molecule has 2 aliphatic rings. The van der Waals surface area contributed by atoms with Crippen LogP contribution in [0.5, 0.6) is 5.75 Å². The van der Waals surface area contributed by atoms with Gasteiger partial charge in [0.25, 0.3) is 0 Å². The maximum absolute atomic E-state index is 9.60. The van der Waals surface area contributed by atoms with Crippen molar-refractivity contribution >= 4 is 0 Å². The second-order valence-corrected chi connectivity index (χ2v) is 6.67. The standard InChI is InChI=1S/C18H27NO2/c1-21-17-10-6-15(7-11-17)18(14-4-5-14)19-12-13-2-8-16(20)9-3-13/h6-7,10-11,13-14,16,18-20H,2-5,8-9,12H2,1H3. The summed E-state index contributed by atoms with van der Waals surface area (Å²) in [7, 11) is 1.71. The molecule has 116 valence electrons. The highest BCUT2D eigenvalue weighted by Crippen LogP contribution is 2.41. The van der Waals surface area contributed by atoms with Gasteiger partial charge in [-0.25, -0.2) is 0 Å². The number of rotatable bonds is 6. The first-order chi connectivity index (χ1) is 10.3. The highest BCUT2D eigenvalue weighted by molar-refractivity contribution is 5.30. The summed E-state index contributed by atoms with van der Waals surface area (Å²) in [5, 5.41) is 13.4.